The summed E-state index contributed by atoms with van der Waals surface area (Å²) in [6, 6.07) is 16.4. The molecule has 0 aliphatic rings. The number of quaternary nitrogens is 1. The van der Waals surface area contributed by atoms with Crippen molar-refractivity contribution >= 4 is 29.3 Å². The maximum atomic E-state index is 12.6. The van der Waals surface area contributed by atoms with Gasteiger partial charge >= 0.3 is 0 Å². The van der Waals surface area contributed by atoms with Gasteiger partial charge < -0.3 is 16.4 Å². The first-order valence-corrected chi connectivity index (χ1v) is 11.0. The number of benzene rings is 2. The van der Waals surface area contributed by atoms with Crippen molar-refractivity contribution in [3.8, 4) is 0 Å². The van der Waals surface area contributed by atoms with Crippen molar-refractivity contribution in [1.82, 2.24) is 0 Å². The molecule has 2 aromatic carbocycles. The molecule has 156 valence electrons. The molecule has 0 aromatic heterocycles. The van der Waals surface area contributed by atoms with Gasteiger partial charge in [-0.05, 0) is 23.6 Å². The minimum atomic E-state index is -0.382. The number of anilines is 1. The fourth-order valence-corrected chi connectivity index (χ4v) is 3.92. The van der Waals surface area contributed by atoms with Gasteiger partial charge in [0.25, 0.3) is 5.91 Å². The Morgan fingerprint density at radius 2 is 1.62 bits per heavy atom. The van der Waals surface area contributed by atoms with Crippen molar-refractivity contribution in [2.75, 3.05) is 17.6 Å². The van der Waals surface area contributed by atoms with E-state index in [1.807, 2.05) is 24.3 Å². The zero-order valence-electron chi connectivity index (χ0n) is 17.6. The summed E-state index contributed by atoms with van der Waals surface area (Å²) >= 11 is 1.33. The van der Waals surface area contributed by atoms with E-state index in [2.05, 4.69) is 62.6 Å². The molecule has 0 aliphatic carbocycles. The smallest absolute Gasteiger partial charge is 0.279 e. The van der Waals surface area contributed by atoms with Crippen LogP contribution in [0.1, 0.15) is 50.8 Å². The second-order valence-electron chi connectivity index (χ2n) is 7.83. The standard InChI is InChI=1S/C23H31N3O2S/c1-15(2)17-9-11-18(12-10-17)23(16(3)4)25-13-22(28)26-19-7-5-6-8-20(19)29-14-21(24)27/h5-12,15-16,23,25H,13-14H2,1-4H3,(H2,24,27)(H,26,28)/p+1/t23-/m0/s1. The molecular weight excluding hydrogens is 382 g/mol. The van der Waals surface area contributed by atoms with Crippen molar-refractivity contribution in [2.24, 2.45) is 11.7 Å². The lowest BCUT2D eigenvalue weighted by molar-refractivity contribution is -0.692. The average Bonchev–Trinajstić information content (AvgIpc) is 2.67. The maximum Gasteiger partial charge on any atom is 0.279 e. The number of primary amides is 1. The molecule has 0 spiro atoms. The number of hydrogen-bond donors (Lipinski definition) is 3. The zero-order valence-corrected chi connectivity index (χ0v) is 18.5. The van der Waals surface area contributed by atoms with Crippen molar-refractivity contribution < 1.29 is 14.9 Å². The lowest BCUT2D eigenvalue weighted by atomic mass is 9.93. The van der Waals surface area contributed by atoms with Gasteiger partial charge in [0.1, 0.15) is 6.04 Å². The van der Waals surface area contributed by atoms with E-state index in [1.54, 1.807) is 0 Å². The highest BCUT2D eigenvalue weighted by Crippen LogP contribution is 2.26. The van der Waals surface area contributed by atoms with Gasteiger partial charge in [0, 0.05) is 16.4 Å². The third kappa shape index (κ3) is 7.22. The number of para-hydroxylation sites is 1. The SMILES string of the molecule is CC(C)c1ccc([C@@H]([NH2+]CC(=O)Nc2ccccc2SCC(N)=O)C(C)C)cc1. The fraction of sp³-hybridized carbons (Fsp3) is 0.391. The van der Waals surface area contributed by atoms with Gasteiger partial charge in [-0.1, -0.05) is 64.1 Å². The Hall–Kier alpha value is -2.31. The van der Waals surface area contributed by atoms with Crippen LogP contribution in [0.5, 0.6) is 0 Å². The molecule has 0 heterocycles. The van der Waals surface area contributed by atoms with Crippen molar-refractivity contribution in [2.45, 2.75) is 44.6 Å². The Labute approximate surface area is 177 Å². The third-order valence-corrected chi connectivity index (χ3v) is 5.89. The first-order valence-electron chi connectivity index (χ1n) is 10.0. The summed E-state index contributed by atoms with van der Waals surface area (Å²) in [7, 11) is 0. The number of carbonyl (C=O) groups excluding carboxylic acids is 2. The van der Waals surface area contributed by atoms with Crippen LogP contribution < -0.4 is 16.4 Å². The topological polar surface area (TPSA) is 88.8 Å². The zero-order chi connectivity index (χ0) is 21.4. The monoisotopic (exact) mass is 414 g/mol. The lowest BCUT2D eigenvalue weighted by Gasteiger charge is -2.20. The van der Waals surface area contributed by atoms with Crippen molar-refractivity contribution in [1.29, 1.82) is 0 Å². The number of hydrogen-bond acceptors (Lipinski definition) is 3. The van der Waals surface area contributed by atoms with Gasteiger partial charge in [0.15, 0.2) is 6.54 Å². The van der Waals surface area contributed by atoms with Crippen LogP contribution in [-0.4, -0.2) is 24.1 Å². The summed E-state index contributed by atoms with van der Waals surface area (Å²) in [4.78, 5) is 24.4. The number of rotatable bonds is 10. The Kier molecular flexibility index (Phi) is 8.73. The van der Waals surface area contributed by atoms with Crippen LogP contribution in [0.4, 0.5) is 5.69 Å². The first kappa shape index (κ1) is 23.0. The highest BCUT2D eigenvalue weighted by molar-refractivity contribution is 8.00. The third-order valence-electron chi connectivity index (χ3n) is 4.79. The average molecular weight is 415 g/mol. The summed E-state index contributed by atoms with van der Waals surface area (Å²) in [6.07, 6.45) is 0. The van der Waals surface area contributed by atoms with E-state index in [-0.39, 0.29) is 23.6 Å². The van der Waals surface area contributed by atoms with Crippen LogP contribution in [0, 0.1) is 5.92 Å². The highest BCUT2D eigenvalue weighted by Gasteiger charge is 2.21. The van der Waals surface area contributed by atoms with E-state index in [4.69, 9.17) is 5.73 Å². The Bertz CT molecular complexity index is 819. The summed E-state index contributed by atoms with van der Waals surface area (Å²) in [6.45, 7) is 9.04. The van der Waals surface area contributed by atoms with Crippen LogP contribution >= 0.6 is 11.8 Å². The van der Waals surface area contributed by atoms with Crippen LogP contribution in [0.2, 0.25) is 0 Å². The molecule has 0 bridgehead atoms. The van der Waals surface area contributed by atoms with E-state index in [0.29, 0.717) is 24.1 Å². The normalized spacial score (nSPS) is 12.2. The maximum absolute atomic E-state index is 12.6. The highest BCUT2D eigenvalue weighted by atomic mass is 32.2. The predicted molar refractivity (Wildman–Crippen MR) is 120 cm³/mol. The van der Waals surface area contributed by atoms with Crippen molar-refractivity contribution in [3.05, 3.63) is 59.7 Å². The number of amides is 2. The Morgan fingerprint density at radius 3 is 2.21 bits per heavy atom. The lowest BCUT2D eigenvalue weighted by Crippen LogP contribution is -2.88. The van der Waals surface area contributed by atoms with E-state index in [0.717, 1.165) is 4.90 Å². The molecule has 0 aliphatic heterocycles. The molecular formula is C23H32N3O2S+. The van der Waals surface area contributed by atoms with Crippen LogP contribution in [0.25, 0.3) is 0 Å². The van der Waals surface area contributed by atoms with Gasteiger partial charge in [-0.15, -0.1) is 11.8 Å². The molecule has 0 saturated carbocycles. The quantitative estimate of drug-likeness (QED) is 0.521. The van der Waals surface area contributed by atoms with Gasteiger partial charge in [0.2, 0.25) is 5.91 Å². The fourth-order valence-electron chi connectivity index (χ4n) is 3.18. The first-order chi connectivity index (χ1) is 13.8. The molecule has 2 aromatic rings. The molecule has 0 unspecified atom stereocenters. The van der Waals surface area contributed by atoms with E-state index < -0.39 is 0 Å². The Morgan fingerprint density at radius 1 is 1.00 bits per heavy atom. The molecule has 5 nitrogen and oxygen atoms in total. The summed E-state index contributed by atoms with van der Waals surface area (Å²) < 4.78 is 0. The molecule has 29 heavy (non-hydrogen) atoms. The van der Waals surface area contributed by atoms with Gasteiger partial charge in [-0.25, -0.2) is 0 Å². The number of nitrogens with two attached hydrogens (primary N) is 2. The van der Waals surface area contributed by atoms with Crippen molar-refractivity contribution in [3.63, 3.8) is 0 Å². The summed E-state index contributed by atoms with van der Waals surface area (Å²) in [5.74, 6) is 0.630. The molecule has 0 radical (unpaired) electrons. The summed E-state index contributed by atoms with van der Waals surface area (Å²) in [5.41, 5.74) is 8.49. The van der Waals surface area contributed by atoms with E-state index >= 15 is 0 Å². The molecule has 0 fully saturated rings. The van der Waals surface area contributed by atoms with Gasteiger partial charge in [-0.3, -0.25) is 9.59 Å². The number of thioether (sulfide) groups is 1. The van der Waals surface area contributed by atoms with Crippen LogP contribution in [0.15, 0.2) is 53.4 Å². The van der Waals surface area contributed by atoms with Crippen LogP contribution in [-0.2, 0) is 9.59 Å². The second kappa shape index (κ2) is 11.0. The minimum absolute atomic E-state index is 0.0680. The largest absolute Gasteiger partial charge is 0.369 e. The molecule has 0 saturated heterocycles. The minimum Gasteiger partial charge on any atom is -0.369 e. The van der Waals surface area contributed by atoms with Gasteiger partial charge in [-0.2, -0.15) is 0 Å². The molecule has 1 atom stereocenters. The predicted octanol–water partition coefficient (Wildman–Crippen LogP) is 3.29. The van der Waals surface area contributed by atoms with E-state index in [9.17, 15) is 9.59 Å². The summed E-state index contributed by atoms with van der Waals surface area (Å²) in [5, 5.41) is 5.05. The molecule has 5 N–H and O–H groups in total. The number of carbonyl (C=O) groups is 2. The van der Waals surface area contributed by atoms with Crippen LogP contribution in [0.3, 0.4) is 0 Å². The molecule has 6 heteroatoms. The molecule has 2 amide bonds. The number of nitrogens with one attached hydrogen (secondary N) is 1. The van der Waals surface area contributed by atoms with Gasteiger partial charge in [0.05, 0.1) is 11.4 Å². The molecule has 2 rings (SSSR count). The Balaban J connectivity index is 2.00. The van der Waals surface area contributed by atoms with E-state index in [1.165, 1.54) is 22.9 Å². The second-order valence-corrected chi connectivity index (χ2v) is 8.85.